The highest BCUT2D eigenvalue weighted by Gasteiger charge is 2.28. The van der Waals surface area contributed by atoms with E-state index in [1.54, 1.807) is 22.9 Å². The lowest BCUT2D eigenvalue weighted by Crippen LogP contribution is -2.10. The molecule has 0 spiro atoms. The summed E-state index contributed by atoms with van der Waals surface area (Å²) in [4.78, 5) is 9.08. The van der Waals surface area contributed by atoms with E-state index in [0.29, 0.717) is 36.1 Å². The fourth-order valence-corrected chi connectivity index (χ4v) is 4.34. The second kappa shape index (κ2) is 7.05. The van der Waals surface area contributed by atoms with Gasteiger partial charge >= 0.3 is 0 Å². The minimum Gasteiger partial charge on any atom is -0.493 e. The largest absolute Gasteiger partial charge is 0.493 e. The van der Waals surface area contributed by atoms with Gasteiger partial charge in [-0.1, -0.05) is 0 Å². The van der Waals surface area contributed by atoms with Crippen LogP contribution in [0.3, 0.4) is 0 Å². The molecule has 1 aromatic carbocycles. The lowest BCUT2D eigenvalue weighted by atomic mass is 10.0. The molecule has 32 heavy (non-hydrogen) atoms. The zero-order chi connectivity index (χ0) is 21.8. The predicted octanol–water partition coefficient (Wildman–Crippen LogP) is 3.56. The molecule has 4 aromatic rings. The summed E-state index contributed by atoms with van der Waals surface area (Å²) in [6, 6.07) is 7.28. The molecule has 0 radical (unpaired) electrons. The molecule has 0 amide bonds. The normalized spacial score (nSPS) is 14.9. The van der Waals surface area contributed by atoms with Crippen LogP contribution < -0.4 is 10.1 Å². The van der Waals surface area contributed by atoms with Gasteiger partial charge in [0.25, 0.3) is 0 Å². The monoisotopic (exact) mass is 429 g/mol. The molecule has 8 nitrogen and oxygen atoms in total. The second-order valence-electron chi connectivity index (χ2n) is 8.23. The van der Waals surface area contributed by atoms with E-state index in [1.807, 2.05) is 11.7 Å². The summed E-state index contributed by atoms with van der Waals surface area (Å²) in [6.07, 6.45) is 6.38. The van der Waals surface area contributed by atoms with Crippen LogP contribution in [0.2, 0.25) is 0 Å². The van der Waals surface area contributed by atoms with Crippen molar-refractivity contribution in [2.24, 2.45) is 7.05 Å². The Morgan fingerprint density at radius 2 is 2.22 bits per heavy atom. The van der Waals surface area contributed by atoms with E-state index in [4.69, 9.17) is 4.74 Å². The van der Waals surface area contributed by atoms with Crippen LogP contribution in [0.4, 0.5) is 10.3 Å². The number of halogens is 1. The van der Waals surface area contributed by atoms with Crippen molar-refractivity contribution < 1.29 is 9.13 Å². The number of ether oxygens (including phenoxy) is 1. The van der Waals surface area contributed by atoms with Crippen LogP contribution in [-0.2, 0) is 20.0 Å². The number of fused-ring (bicyclic) bond motifs is 2. The van der Waals surface area contributed by atoms with E-state index in [-0.39, 0.29) is 18.1 Å². The molecule has 1 N–H and O–H groups in total. The summed E-state index contributed by atoms with van der Waals surface area (Å²) in [5.41, 5.74) is 5.11. The zero-order valence-corrected chi connectivity index (χ0v) is 17.5. The third-order valence-corrected chi connectivity index (χ3v) is 6.14. The molecular formula is C23H20FN7O. The van der Waals surface area contributed by atoms with Crippen molar-refractivity contribution in [3.8, 4) is 23.1 Å². The van der Waals surface area contributed by atoms with Crippen molar-refractivity contribution in [1.29, 1.82) is 5.26 Å². The van der Waals surface area contributed by atoms with Gasteiger partial charge < -0.3 is 10.1 Å². The van der Waals surface area contributed by atoms with Crippen molar-refractivity contribution in [3.63, 3.8) is 0 Å². The summed E-state index contributed by atoms with van der Waals surface area (Å²) in [7, 11) is 1.90. The predicted molar refractivity (Wildman–Crippen MR) is 115 cm³/mol. The Morgan fingerprint density at radius 3 is 3.03 bits per heavy atom. The van der Waals surface area contributed by atoms with E-state index in [2.05, 4.69) is 32.5 Å². The molecule has 6 rings (SSSR count). The van der Waals surface area contributed by atoms with Gasteiger partial charge in [0.05, 0.1) is 29.8 Å². The Bertz CT molecular complexity index is 1410. The van der Waals surface area contributed by atoms with E-state index >= 15 is 0 Å². The third kappa shape index (κ3) is 2.99. The number of imidazole rings is 1. The van der Waals surface area contributed by atoms with E-state index in [0.717, 1.165) is 28.3 Å². The van der Waals surface area contributed by atoms with Crippen LogP contribution in [0, 0.1) is 17.1 Å². The number of nitrogens with one attached hydrogen (secondary N) is 1. The summed E-state index contributed by atoms with van der Waals surface area (Å²) in [5.74, 6) is 1.47. The highest BCUT2D eigenvalue weighted by molar-refractivity contribution is 5.77. The number of hydrogen-bond acceptors (Lipinski definition) is 6. The fraction of sp³-hybridized carbons (Fsp3) is 0.304. The van der Waals surface area contributed by atoms with Gasteiger partial charge in [0, 0.05) is 43.3 Å². The van der Waals surface area contributed by atoms with Crippen molar-refractivity contribution in [2.45, 2.75) is 31.7 Å². The molecule has 3 aromatic heterocycles. The highest BCUT2D eigenvalue weighted by Crippen LogP contribution is 2.41. The Kier molecular flexibility index (Phi) is 4.15. The summed E-state index contributed by atoms with van der Waals surface area (Å²) in [6.45, 7) is 0.807. The van der Waals surface area contributed by atoms with Crippen LogP contribution in [0.15, 0.2) is 30.6 Å². The minimum atomic E-state index is -0.277. The molecule has 2 aliphatic rings. The number of rotatable bonds is 5. The van der Waals surface area contributed by atoms with E-state index < -0.39 is 0 Å². The molecular weight excluding hydrogens is 409 g/mol. The van der Waals surface area contributed by atoms with Crippen molar-refractivity contribution >= 4 is 11.6 Å². The average Bonchev–Trinajstić information content (AvgIpc) is 3.19. The first-order chi connectivity index (χ1) is 15.6. The van der Waals surface area contributed by atoms with Gasteiger partial charge in [0.2, 0.25) is 5.95 Å². The highest BCUT2D eigenvalue weighted by atomic mass is 19.1. The lowest BCUT2D eigenvalue weighted by Gasteiger charge is -2.13. The van der Waals surface area contributed by atoms with Crippen molar-refractivity contribution in [3.05, 3.63) is 58.9 Å². The van der Waals surface area contributed by atoms with Gasteiger partial charge in [0.1, 0.15) is 17.6 Å². The number of aryl methyl sites for hydroxylation is 1. The first-order valence-corrected chi connectivity index (χ1v) is 10.6. The smallest absolute Gasteiger partial charge is 0.208 e. The molecule has 0 atom stereocenters. The Labute approximate surface area is 183 Å². The molecule has 1 aliphatic carbocycles. The Morgan fingerprint density at radius 1 is 1.34 bits per heavy atom. The molecule has 160 valence electrons. The van der Waals surface area contributed by atoms with Crippen LogP contribution in [0.5, 0.6) is 5.75 Å². The SMILES string of the molecule is Cn1nc(C2CC2)cc1-c1cnc(NCc2c(F)ccc3c2CCO3)n2cc(C#N)nc12. The number of benzene rings is 1. The first-order valence-electron chi connectivity index (χ1n) is 10.6. The maximum Gasteiger partial charge on any atom is 0.208 e. The van der Waals surface area contributed by atoms with Crippen LogP contribution in [0.25, 0.3) is 16.9 Å². The minimum absolute atomic E-state index is 0.247. The van der Waals surface area contributed by atoms with Crippen molar-refractivity contribution in [2.75, 3.05) is 11.9 Å². The number of anilines is 1. The number of nitriles is 1. The summed E-state index contributed by atoms with van der Waals surface area (Å²) < 4.78 is 23.7. The molecule has 0 bridgehead atoms. The molecule has 1 aliphatic heterocycles. The zero-order valence-electron chi connectivity index (χ0n) is 17.5. The molecule has 1 saturated carbocycles. The van der Waals surface area contributed by atoms with E-state index in [9.17, 15) is 9.65 Å². The van der Waals surface area contributed by atoms with Gasteiger partial charge in [-0.3, -0.25) is 9.08 Å². The summed E-state index contributed by atoms with van der Waals surface area (Å²) >= 11 is 0. The van der Waals surface area contributed by atoms with Gasteiger partial charge in [-0.2, -0.15) is 10.4 Å². The quantitative estimate of drug-likeness (QED) is 0.521. The second-order valence-corrected chi connectivity index (χ2v) is 8.23. The van der Waals surface area contributed by atoms with Crippen LogP contribution >= 0.6 is 0 Å². The van der Waals surface area contributed by atoms with Crippen LogP contribution in [0.1, 0.15) is 41.3 Å². The van der Waals surface area contributed by atoms with Gasteiger partial charge in [-0.05, 0) is 31.0 Å². The van der Waals surface area contributed by atoms with E-state index in [1.165, 1.54) is 18.9 Å². The first kappa shape index (κ1) is 18.8. The Hall–Kier alpha value is -3.93. The van der Waals surface area contributed by atoms with Gasteiger partial charge in [-0.15, -0.1) is 0 Å². The lowest BCUT2D eigenvalue weighted by molar-refractivity contribution is 0.356. The Balaban J connectivity index is 1.39. The molecule has 4 heterocycles. The number of nitrogens with zero attached hydrogens (tertiary/aromatic N) is 6. The number of aromatic nitrogens is 5. The maximum atomic E-state index is 14.5. The van der Waals surface area contributed by atoms with Gasteiger partial charge in [0.15, 0.2) is 11.3 Å². The number of hydrogen-bond donors (Lipinski definition) is 1. The van der Waals surface area contributed by atoms with Gasteiger partial charge in [-0.25, -0.2) is 14.4 Å². The van der Waals surface area contributed by atoms with Crippen LogP contribution in [-0.4, -0.2) is 30.8 Å². The van der Waals surface area contributed by atoms with Crippen molar-refractivity contribution in [1.82, 2.24) is 24.1 Å². The molecule has 1 fully saturated rings. The fourth-order valence-electron chi connectivity index (χ4n) is 4.34. The third-order valence-electron chi connectivity index (χ3n) is 6.14. The maximum absolute atomic E-state index is 14.5. The average molecular weight is 429 g/mol. The molecule has 0 unspecified atom stereocenters. The summed E-state index contributed by atoms with van der Waals surface area (Å²) in [5, 5.41) is 17.3. The molecule has 9 heteroatoms. The topological polar surface area (TPSA) is 93.1 Å². The molecule has 0 saturated heterocycles. The standard InChI is InChI=1S/C23H20FN7O/c1-30-20(8-19(29-30)13-2-3-13)17-11-27-23(31-12-14(9-25)28-22(17)31)26-10-16-15-6-7-32-21(15)5-4-18(16)24/h4-5,8,11-13H,2-3,6-7,10H2,1H3,(H,26,27).